The van der Waals surface area contributed by atoms with Crippen LogP contribution in [0, 0.1) is 28.6 Å². The number of Topliss-reactive ketones (excluding diaryl/α,β-unsaturated/α-hetero) is 1. The van der Waals surface area contributed by atoms with Gasteiger partial charge in [0.15, 0.2) is 23.0 Å². The second-order valence-electron chi connectivity index (χ2n) is 11.6. The fourth-order valence-electron chi connectivity index (χ4n) is 8.68. The molecule has 0 aromatic carbocycles. The number of ether oxygens (including phenoxy) is 2. The van der Waals surface area contributed by atoms with Gasteiger partial charge in [-0.25, -0.2) is 4.39 Å². The lowest BCUT2D eigenvalue weighted by Crippen LogP contribution is -2.66. The molecule has 0 amide bonds. The predicted octanol–water partition coefficient (Wildman–Crippen LogP) is 2.66. The van der Waals surface area contributed by atoms with Crippen molar-refractivity contribution in [1.82, 2.24) is 0 Å². The number of allylic oxidation sites excluding steroid dienone is 4. The van der Waals surface area contributed by atoms with Crippen LogP contribution >= 0.6 is 0 Å². The van der Waals surface area contributed by atoms with E-state index in [9.17, 15) is 19.8 Å². The quantitative estimate of drug-likeness (QED) is 0.675. The number of carbonyl (C=O) groups is 2. The summed E-state index contributed by atoms with van der Waals surface area (Å²) in [5.41, 5.74) is -3.62. The van der Waals surface area contributed by atoms with Crippen LogP contribution in [0.4, 0.5) is 4.39 Å². The Morgan fingerprint density at radius 2 is 1.88 bits per heavy atom. The molecule has 4 fully saturated rings. The van der Waals surface area contributed by atoms with E-state index in [0.29, 0.717) is 12.0 Å². The highest BCUT2D eigenvalue weighted by molar-refractivity contribution is 6.01. The molecule has 0 aromatic heterocycles. The van der Waals surface area contributed by atoms with Gasteiger partial charge in [0.2, 0.25) is 0 Å². The summed E-state index contributed by atoms with van der Waals surface area (Å²) in [6.45, 7) is 8.50. The lowest BCUT2D eigenvalue weighted by atomic mass is 9.45. The molecule has 9 atom stereocenters. The number of hydrogen-bond acceptors (Lipinski definition) is 6. The zero-order chi connectivity index (χ0) is 23.5. The maximum atomic E-state index is 15.5. The first-order valence-electron chi connectivity index (χ1n) is 11.6. The van der Waals surface area contributed by atoms with Gasteiger partial charge < -0.3 is 19.7 Å². The third-order valence-corrected chi connectivity index (χ3v) is 9.43. The molecule has 2 N–H and O–H groups in total. The minimum absolute atomic E-state index is 0.157. The van der Waals surface area contributed by atoms with Gasteiger partial charge in [-0.3, -0.25) is 9.59 Å². The average Bonchev–Trinajstić information content (AvgIpc) is 3.02. The van der Waals surface area contributed by atoms with Gasteiger partial charge in [-0.1, -0.05) is 19.9 Å². The molecule has 1 heterocycles. The van der Waals surface area contributed by atoms with Crippen molar-refractivity contribution in [2.24, 2.45) is 28.6 Å². The van der Waals surface area contributed by atoms with Crippen molar-refractivity contribution in [2.45, 2.75) is 83.1 Å². The molecular weight excluding hydrogens is 415 g/mol. The molecule has 5 aliphatic rings. The summed E-state index contributed by atoms with van der Waals surface area (Å²) in [4.78, 5) is 25.3. The van der Waals surface area contributed by atoms with Crippen molar-refractivity contribution in [3.8, 4) is 0 Å². The average molecular weight is 449 g/mol. The molecule has 4 aliphatic carbocycles. The molecule has 5 rings (SSSR count). The van der Waals surface area contributed by atoms with Crippen molar-refractivity contribution in [3.63, 3.8) is 0 Å². The Bertz CT molecular complexity index is 956. The Balaban J connectivity index is 1.65. The molecule has 176 valence electrons. The van der Waals surface area contributed by atoms with Crippen LogP contribution in [0.5, 0.6) is 0 Å². The SMILES string of the molecule is CC1(C)O[C@]2(C(=O)CO)[C@@](C)(C[C@H]3[C@@H]4C[C@H](F)C5=CC(=O)C=C[C@]5(C)[C@H]4[C@@H](O)C[C@@]32C)O1. The molecule has 1 saturated heterocycles. The molecule has 0 radical (unpaired) electrons. The van der Waals surface area contributed by atoms with E-state index in [0.717, 1.165) is 0 Å². The summed E-state index contributed by atoms with van der Waals surface area (Å²) in [5.74, 6) is -2.40. The number of alkyl halides is 1. The van der Waals surface area contributed by atoms with Crippen LogP contribution in [-0.4, -0.2) is 57.7 Å². The minimum Gasteiger partial charge on any atom is -0.393 e. The topological polar surface area (TPSA) is 93.1 Å². The van der Waals surface area contributed by atoms with E-state index in [1.54, 1.807) is 19.9 Å². The fraction of sp³-hybridized carbons (Fsp3) is 0.760. The number of aliphatic hydroxyl groups is 2. The molecule has 1 aliphatic heterocycles. The summed E-state index contributed by atoms with van der Waals surface area (Å²) >= 11 is 0. The Labute approximate surface area is 187 Å². The van der Waals surface area contributed by atoms with Gasteiger partial charge in [-0.2, -0.15) is 0 Å². The van der Waals surface area contributed by atoms with E-state index in [4.69, 9.17) is 9.47 Å². The number of ketones is 2. The lowest BCUT2D eigenvalue weighted by molar-refractivity contribution is -0.227. The number of carbonyl (C=O) groups excluding carboxylic acids is 2. The van der Waals surface area contributed by atoms with E-state index < -0.39 is 52.5 Å². The first-order chi connectivity index (χ1) is 14.7. The Kier molecular flexibility index (Phi) is 4.46. The molecule has 32 heavy (non-hydrogen) atoms. The molecular formula is C25H33FO6. The van der Waals surface area contributed by atoms with Crippen molar-refractivity contribution in [2.75, 3.05) is 6.61 Å². The Hall–Kier alpha value is -1.41. The van der Waals surface area contributed by atoms with Gasteiger partial charge in [0.1, 0.15) is 18.4 Å². The second kappa shape index (κ2) is 6.38. The molecule has 0 aromatic rings. The van der Waals surface area contributed by atoms with Crippen LogP contribution in [0.15, 0.2) is 23.8 Å². The van der Waals surface area contributed by atoms with E-state index in [1.165, 1.54) is 12.2 Å². The monoisotopic (exact) mass is 448 g/mol. The van der Waals surface area contributed by atoms with E-state index in [2.05, 4.69) is 0 Å². The molecule has 0 unspecified atom stereocenters. The van der Waals surface area contributed by atoms with E-state index in [-0.39, 0.29) is 36.4 Å². The molecule has 0 spiro atoms. The number of hydrogen-bond donors (Lipinski definition) is 2. The van der Waals surface area contributed by atoms with Crippen LogP contribution in [0.25, 0.3) is 0 Å². The summed E-state index contributed by atoms with van der Waals surface area (Å²) < 4.78 is 28.3. The van der Waals surface area contributed by atoms with E-state index >= 15 is 4.39 Å². The second-order valence-corrected chi connectivity index (χ2v) is 11.6. The highest BCUT2D eigenvalue weighted by Crippen LogP contribution is 2.73. The number of rotatable bonds is 2. The van der Waals surface area contributed by atoms with Crippen molar-refractivity contribution < 1.29 is 33.7 Å². The Morgan fingerprint density at radius 1 is 1.19 bits per heavy atom. The minimum atomic E-state index is -1.43. The number of aliphatic hydroxyl groups excluding tert-OH is 2. The van der Waals surface area contributed by atoms with Crippen molar-refractivity contribution >= 4 is 11.6 Å². The normalized spacial score (nSPS) is 53.2. The summed E-state index contributed by atoms with van der Waals surface area (Å²) in [7, 11) is 0. The van der Waals surface area contributed by atoms with Crippen LogP contribution in [0.1, 0.15) is 53.9 Å². The zero-order valence-electron chi connectivity index (χ0n) is 19.4. The van der Waals surface area contributed by atoms with Gasteiger partial charge in [0.05, 0.1) is 6.10 Å². The largest absolute Gasteiger partial charge is 0.393 e. The van der Waals surface area contributed by atoms with Gasteiger partial charge in [0.25, 0.3) is 0 Å². The molecule has 0 bridgehead atoms. The van der Waals surface area contributed by atoms with Crippen molar-refractivity contribution in [3.05, 3.63) is 23.8 Å². The highest BCUT2D eigenvalue weighted by atomic mass is 19.1. The summed E-state index contributed by atoms with van der Waals surface area (Å²) in [5, 5.41) is 21.5. The predicted molar refractivity (Wildman–Crippen MR) is 113 cm³/mol. The highest BCUT2D eigenvalue weighted by Gasteiger charge is 2.81. The van der Waals surface area contributed by atoms with E-state index in [1.807, 2.05) is 20.8 Å². The molecule has 6 nitrogen and oxygen atoms in total. The number of halogens is 1. The van der Waals surface area contributed by atoms with Gasteiger partial charge in [-0.05, 0) is 69.6 Å². The Morgan fingerprint density at radius 3 is 2.53 bits per heavy atom. The first-order valence-corrected chi connectivity index (χ1v) is 11.6. The van der Waals surface area contributed by atoms with Crippen LogP contribution in [0.3, 0.4) is 0 Å². The maximum absolute atomic E-state index is 15.5. The van der Waals surface area contributed by atoms with Crippen molar-refractivity contribution in [1.29, 1.82) is 0 Å². The lowest BCUT2D eigenvalue weighted by Gasteiger charge is -2.60. The standard InChI is InChI=1S/C25H33FO6/c1-21(2)31-24(5)10-16-14-9-17(26)15-8-13(28)6-7-22(15,3)20(14)18(29)11-23(16,4)25(24,32-21)19(30)12-27/h6-8,14,16-18,20,27,29H,9-12H2,1-5H3/t14-,16-,17-,18-,20+,22-,23-,24+,25-/m0/s1. The van der Waals surface area contributed by atoms with Gasteiger partial charge >= 0.3 is 0 Å². The smallest absolute Gasteiger partial charge is 0.193 e. The third-order valence-electron chi connectivity index (χ3n) is 9.43. The number of fused-ring (bicyclic) bond motifs is 7. The van der Waals surface area contributed by atoms with Crippen LogP contribution in [0.2, 0.25) is 0 Å². The van der Waals surface area contributed by atoms with Gasteiger partial charge in [-0.15, -0.1) is 0 Å². The molecule has 3 saturated carbocycles. The maximum Gasteiger partial charge on any atom is 0.193 e. The van der Waals surface area contributed by atoms with Crippen LogP contribution in [-0.2, 0) is 19.1 Å². The summed E-state index contributed by atoms with van der Waals surface area (Å²) in [6.07, 6.45) is 3.37. The summed E-state index contributed by atoms with van der Waals surface area (Å²) in [6, 6.07) is 0. The first kappa shape index (κ1) is 22.4. The van der Waals surface area contributed by atoms with Crippen LogP contribution < -0.4 is 0 Å². The zero-order valence-corrected chi connectivity index (χ0v) is 19.4. The third kappa shape index (κ3) is 2.43. The fourth-order valence-corrected chi connectivity index (χ4v) is 8.68. The molecule has 7 heteroatoms. The van der Waals surface area contributed by atoms with Gasteiger partial charge in [0, 0.05) is 16.7 Å².